The number of β-amino-alcohol motifs (C(OH)–C–C–N with tert-alkyl or cyclic N) is 1. The van der Waals surface area contributed by atoms with Crippen LogP contribution in [0.15, 0.2) is 16.7 Å². The number of nitrogens with zero attached hydrogens (tertiary/aromatic N) is 4. The number of oxazole rings is 1. The van der Waals surface area contributed by atoms with E-state index in [1.165, 1.54) is 0 Å². The van der Waals surface area contributed by atoms with Crippen molar-refractivity contribution in [2.24, 2.45) is 0 Å². The van der Waals surface area contributed by atoms with E-state index < -0.39 is 0 Å². The van der Waals surface area contributed by atoms with Crippen molar-refractivity contribution in [3.63, 3.8) is 0 Å². The van der Waals surface area contributed by atoms with E-state index in [1.807, 2.05) is 13.0 Å². The van der Waals surface area contributed by atoms with Crippen LogP contribution in [0.1, 0.15) is 24.0 Å². The van der Waals surface area contributed by atoms with E-state index in [-0.39, 0.29) is 18.4 Å². The molecule has 9 nitrogen and oxygen atoms in total. The normalized spacial score (nSPS) is 19.1. The third-order valence-electron chi connectivity index (χ3n) is 5.80. The molecule has 1 fully saturated rings. The molecule has 0 bridgehead atoms. The van der Waals surface area contributed by atoms with Crippen LogP contribution in [0.3, 0.4) is 0 Å². The largest absolute Gasteiger partial charge is 0.507 e. The van der Waals surface area contributed by atoms with Crippen LogP contribution in [0.2, 0.25) is 0 Å². The molecule has 4 heterocycles. The summed E-state index contributed by atoms with van der Waals surface area (Å²) in [5.74, 6) is 0.933. The van der Waals surface area contributed by atoms with Crippen molar-refractivity contribution in [1.29, 1.82) is 0 Å². The lowest BCUT2D eigenvalue weighted by Gasteiger charge is -2.32. The van der Waals surface area contributed by atoms with Crippen LogP contribution in [-0.2, 0) is 6.42 Å². The van der Waals surface area contributed by atoms with E-state index in [4.69, 9.17) is 14.3 Å². The number of aliphatic hydroxyl groups excluding tert-OH is 1. The molecule has 0 amide bonds. The number of hydrogen-bond donors (Lipinski definition) is 3. The summed E-state index contributed by atoms with van der Waals surface area (Å²) < 4.78 is 11.3. The van der Waals surface area contributed by atoms with Crippen LogP contribution in [0.4, 0.5) is 6.01 Å². The van der Waals surface area contributed by atoms with Gasteiger partial charge in [0.05, 0.1) is 25.1 Å². The van der Waals surface area contributed by atoms with Crippen LogP contribution in [0, 0.1) is 6.92 Å². The summed E-state index contributed by atoms with van der Waals surface area (Å²) in [4.78, 5) is 15.7. The van der Waals surface area contributed by atoms with Gasteiger partial charge in [0, 0.05) is 36.7 Å². The zero-order chi connectivity index (χ0) is 20.7. The number of aryl methyl sites for hydroxylation is 1. The molecule has 0 unspecified atom stereocenters. The number of aromatic nitrogens is 3. The molecule has 0 aliphatic carbocycles. The Kier molecular flexibility index (Phi) is 4.92. The maximum atomic E-state index is 10.8. The number of anilines is 1. The Morgan fingerprint density at radius 3 is 3.10 bits per heavy atom. The summed E-state index contributed by atoms with van der Waals surface area (Å²) in [6, 6.07) is 2.52. The predicted octanol–water partition coefficient (Wildman–Crippen LogP) is 2.10. The highest BCUT2D eigenvalue weighted by atomic mass is 16.5. The summed E-state index contributed by atoms with van der Waals surface area (Å²) in [6.45, 7) is 5.15. The number of phenolic OH excluding ortho intramolecular Hbond substituents is 1. The van der Waals surface area contributed by atoms with Crippen LogP contribution < -0.4 is 10.1 Å². The second kappa shape index (κ2) is 7.73. The smallest absolute Gasteiger partial charge is 0.298 e. The summed E-state index contributed by atoms with van der Waals surface area (Å²) in [6.07, 6.45) is 4.35. The van der Waals surface area contributed by atoms with E-state index in [2.05, 4.69) is 25.2 Å². The van der Waals surface area contributed by atoms with Crippen LogP contribution >= 0.6 is 0 Å². The Morgan fingerprint density at radius 1 is 1.33 bits per heavy atom. The lowest BCUT2D eigenvalue weighted by Crippen LogP contribution is -2.43. The average molecular weight is 411 g/mol. The minimum atomic E-state index is 0.160. The Bertz CT molecular complexity index is 1080. The number of piperidine rings is 1. The molecule has 2 aliphatic rings. The Labute approximate surface area is 173 Å². The van der Waals surface area contributed by atoms with Gasteiger partial charge < -0.3 is 24.7 Å². The minimum Gasteiger partial charge on any atom is -0.507 e. The minimum absolute atomic E-state index is 0.160. The quantitative estimate of drug-likeness (QED) is 0.580. The molecule has 1 aromatic carbocycles. The fraction of sp³-hybridized carbons (Fsp3) is 0.476. The number of rotatable bonds is 5. The standard InChI is InChI=1S/C21H25N5O4/c1-12-9-16-14(4-8-29-16)18(28)17(12)15-10-22-20-19(24-15)25-21(30-20)23-13-3-2-5-26(11-13)6-7-27/h9-10,13,27-28H,2-8,11H2,1H3,(H,23,24,25)/t13-/m1/s1. The Hall–Kier alpha value is -2.91. The molecule has 0 spiro atoms. The zero-order valence-corrected chi connectivity index (χ0v) is 16.9. The van der Waals surface area contributed by atoms with E-state index in [1.54, 1.807) is 6.20 Å². The number of aromatic hydroxyl groups is 1. The first-order valence-corrected chi connectivity index (χ1v) is 10.3. The molecule has 3 aromatic rings. The number of hydrogen-bond acceptors (Lipinski definition) is 9. The number of aliphatic hydroxyl groups is 1. The van der Waals surface area contributed by atoms with E-state index >= 15 is 0 Å². The molecule has 2 aliphatic heterocycles. The monoisotopic (exact) mass is 411 g/mol. The number of likely N-dealkylation sites (tertiary alicyclic amines) is 1. The maximum absolute atomic E-state index is 10.8. The first kappa shape index (κ1) is 19.1. The summed E-state index contributed by atoms with van der Waals surface area (Å²) in [5.41, 5.74) is 3.64. The number of nitrogens with one attached hydrogen (secondary N) is 1. The summed E-state index contributed by atoms with van der Waals surface area (Å²) in [5, 5.41) is 23.3. The molecule has 1 atom stereocenters. The fourth-order valence-corrected chi connectivity index (χ4v) is 4.37. The Balaban J connectivity index is 1.41. The number of phenols is 1. The molecule has 5 rings (SSSR count). The highest BCUT2D eigenvalue weighted by molar-refractivity contribution is 5.78. The van der Waals surface area contributed by atoms with Crippen LogP contribution in [0.25, 0.3) is 22.6 Å². The van der Waals surface area contributed by atoms with Gasteiger partial charge in [0.2, 0.25) is 5.65 Å². The van der Waals surface area contributed by atoms with Crippen molar-refractivity contribution in [2.75, 3.05) is 38.2 Å². The molecule has 2 aromatic heterocycles. The van der Waals surface area contributed by atoms with Gasteiger partial charge in [0.15, 0.2) is 0 Å². The Morgan fingerprint density at radius 2 is 2.23 bits per heavy atom. The number of ether oxygens (including phenoxy) is 1. The van der Waals surface area contributed by atoms with Gasteiger partial charge in [-0.2, -0.15) is 4.98 Å². The van der Waals surface area contributed by atoms with Gasteiger partial charge in [-0.15, -0.1) is 0 Å². The topological polar surface area (TPSA) is 117 Å². The molecule has 9 heteroatoms. The first-order chi connectivity index (χ1) is 14.6. The molecule has 0 radical (unpaired) electrons. The second-order valence-electron chi connectivity index (χ2n) is 7.90. The molecular formula is C21H25N5O4. The zero-order valence-electron chi connectivity index (χ0n) is 16.9. The van der Waals surface area contributed by atoms with E-state index in [0.29, 0.717) is 48.2 Å². The number of fused-ring (bicyclic) bond motifs is 2. The SMILES string of the molecule is Cc1cc2c(c(O)c1-c1cnc3oc(N[C@@H]4CCCN(CCO)C4)nc3n1)CCO2. The van der Waals surface area contributed by atoms with Gasteiger partial charge in [0.25, 0.3) is 11.7 Å². The van der Waals surface area contributed by atoms with E-state index in [0.717, 1.165) is 42.8 Å². The third kappa shape index (κ3) is 3.44. The van der Waals surface area contributed by atoms with Crippen molar-refractivity contribution in [3.05, 3.63) is 23.4 Å². The molecule has 30 heavy (non-hydrogen) atoms. The maximum Gasteiger partial charge on any atom is 0.298 e. The summed E-state index contributed by atoms with van der Waals surface area (Å²) >= 11 is 0. The van der Waals surface area contributed by atoms with Gasteiger partial charge in [0.1, 0.15) is 11.5 Å². The molecule has 1 saturated heterocycles. The van der Waals surface area contributed by atoms with Crippen molar-refractivity contribution in [1.82, 2.24) is 19.9 Å². The highest BCUT2D eigenvalue weighted by Gasteiger charge is 2.24. The van der Waals surface area contributed by atoms with Crippen molar-refractivity contribution in [2.45, 2.75) is 32.2 Å². The highest BCUT2D eigenvalue weighted by Crippen LogP contribution is 2.42. The molecule has 0 saturated carbocycles. The average Bonchev–Trinajstić information content (AvgIpc) is 3.34. The lowest BCUT2D eigenvalue weighted by molar-refractivity contribution is 0.166. The van der Waals surface area contributed by atoms with Gasteiger partial charge in [-0.1, -0.05) is 0 Å². The van der Waals surface area contributed by atoms with Crippen LogP contribution in [-0.4, -0.2) is 69.0 Å². The third-order valence-corrected chi connectivity index (χ3v) is 5.80. The van der Waals surface area contributed by atoms with Gasteiger partial charge in [-0.05, 0) is 37.9 Å². The molecule has 3 N–H and O–H groups in total. The number of benzene rings is 1. The van der Waals surface area contributed by atoms with Gasteiger partial charge >= 0.3 is 0 Å². The van der Waals surface area contributed by atoms with Gasteiger partial charge in [-0.3, -0.25) is 4.90 Å². The first-order valence-electron chi connectivity index (χ1n) is 10.3. The second-order valence-corrected chi connectivity index (χ2v) is 7.90. The summed E-state index contributed by atoms with van der Waals surface area (Å²) in [7, 11) is 0. The molecule has 158 valence electrons. The molecular weight excluding hydrogens is 386 g/mol. The predicted molar refractivity (Wildman–Crippen MR) is 111 cm³/mol. The van der Waals surface area contributed by atoms with Crippen LogP contribution in [0.5, 0.6) is 11.5 Å². The van der Waals surface area contributed by atoms with Crippen molar-refractivity contribution in [3.8, 4) is 22.8 Å². The van der Waals surface area contributed by atoms with E-state index in [9.17, 15) is 5.11 Å². The van der Waals surface area contributed by atoms with Crippen molar-refractivity contribution < 1.29 is 19.4 Å². The van der Waals surface area contributed by atoms with Crippen molar-refractivity contribution >= 4 is 17.4 Å². The fourth-order valence-electron chi connectivity index (χ4n) is 4.37. The van der Waals surface area contributed by atoms with Gasteiger partial charge in [-0.25, -0.2) is 9.97 Å². The lowest BCUT2D eigenvalue weighted by atomic mass is 9.99.